The number of hydroxylamine groups is 2. The minimum absolute atomic E-state index is 0.0576. The molecule has 0 bridgehead atoms. The van der Waals surface area contributed by atoms with Crippen LogP contribution < -0.4 is 5.73 Å². The molecule has 0 aromatic carbocycles. The molecule has 2 aliphatic heterocycles. The zero-order chi connectivity index (χ0) is 12.5. The number of carbonyl (C=O) groups is 1. The number of nitrogens with two attached hydrogens (primary N) is 1. The van der Waals surface area contributed by atoms with Gasteiger partial charge in [0.05, 0.1) is 17.9 Å². The summed E-state index contributed by atoms with van der Waals surface area (Å²) < 4.78 is 22.7. The van der Waals surface area contributed by atoms with E-state index in [0.717, 1.165) is 0 Å². The summed E-state index contributed by atoms with van der Waals surface area (Å²) in [6.07, 6.45) is 1.83. The van der Waals surface area contributed by atoms with Gasteiger partial charge in [0.15, 0.2) is 9.84 Å². The quantitative estimate of drug-likeness (QED) is 0.737. The van der Waals surface area contributed by atoms with Crippen molar-refractivity contribution in [2.75, 3.05) is 24.6 Å². The van der Waals surface area contributed by atoms with Crippen molar-refractivity contribution in [2.45, 2.75) is 31.3 Å². The number of hydrogen-bond acceptors (Lipinski definition) is 5. The van der Waals surface area contributed by atoms with Crippen LogP contribution in [0.15, 0.2) is 0 Å². The van der Waals surface area contributed by atoms with E-state index in [0.29, 0.717) is 38.8 Å². The number of rotatable bonds is 3. The maximum atomic E-state index is 11.7. The Morgan fingerprint density at radius 1 is 1.35 bits per heavy atom. The highest BCUT2D eigenvalue weighted by Gasteiger charge is 2.47. The largest absolute Gasteiger partial charge is 0.330 e. The Hall–Kier alpha value is -0.660. The zero-order valence-electron chi connectivity index (χ0n) is 9.72. The molecule has 0 atom stereocenters. The lowest BCUT2D eigenvalue weighted by Gasteiger charge is -2.31. The van der Waals surface area contributed by atoms with Crippen molar-refractivity contribution < 1.29 is 18.0 Å². The molecule has 1 spiro atoms. The Balaban J connectivity index is 1.98. The maximum Gasteiger partial charge on any atom is 0.249 e. The summed E-state index contributed by atoms with van der Waals surface area (Å²) in [5.41, 5.74) is 4.81. The van der Waals surface area contributed by atoms with E-state index >= 15 is 0 Å². The van der Waals surface area contributed by atoms with Gasteiger partial charge in [-0.25, -0.2) is 13.5 Å². The zero-order valence-corrected chi connectivity index (χ0v) is 10.5. The summed E-state index contributed by atoms with van der Waals surface area (Å²) in [5.74, 6) is 0.175. The van der Waals surface area contributed by atoms with E-state index in [4.69, 9.17) is 10.6 Å². The number of sulfone groups is 1. The SMILES string of the molecule is NCCCN1OC2(CCS(=O)(=O)CC2)CC1=O. The van der Waals surface area contributed by atoms with E-state index in [1.165, 1.54) is 5.06 Å². The Bertz CT molecular complexity index is 393. The van der Waals surface area contributed by atoms with Crippen LogP contribution in [-0.4, -0.2) is 49.6 Å². The topological polar surface area (TPSA) is 89.7 Å². The molecule has 0 aromatic rings. The van der Waals surface area contributed by atoms with Crippen LogP contribution in [0.5, 0.6) is 0 Å². The van der Waals surface area contributed by atoms with Crippen LogP contribution in [0.2, 0.25) is 0 Å². The highest BCUT2D eigenvalue weighted by molar-refractivity contribution is 7.91. The summed E-state index contributed by atoms with van der Waals surface area (Å²) in [7, 11) is -2.93. The second kappa shape index (κ2) is 4.55. The van der Waals surface area contributed by atoms with Crippen molar-refractivity contribution in [1.29, 1.82) is 0 Å². The molecule has 0 radical (unpaired) electrons. The predicted molar refractivity (Wildman–Crippen MR) is 61.7 cm³/mol. The van der Waals surface area contributed by atoms with Gasteiger partial charge in [-0.2, -0.15) is 0 Å². The Kier molecular flexibility index (Phi) is 3.42. The minimum atomic E-state index is -2.93. The number of carbonyl (C=O) groups excluding carboxylic acids is 1. The van der Waals surface area contributed by atoms with Gasteiger partial charge in [0.1, 0.15) is 5.60 Å². The van der Waals surface area contributed by atoms with E-state index in [-0.39, 0.29) is 17.4 Å². The van der Waals surface area contributed by atoms with E-state index < -0.39 is 15.4 Å². The average molecular weight is 262 g/mol. The van der Waals surface area contributed by atoms with Crippen molar-refractivity contribution in [2.24, 2.45) is 5.73 Å². The first-order chi connectivity index (χ1) is 7.96. The molecule has 6 nitrogen and oxygen atoms in total. The molecular formula is C10H18N2O4S. The Morgan fingerprint density at radius 2 is 2.00 bits per heavy atom. The van der Waals surface area contributed by atoms with Crippen LogP contribution in [0.25, 0.3) is 0 Å². The molecule has 2 N–H and O–H groups in total. The van der Waals surface area contributed by atoms with Crippen molar-refractivity contribution in [3.05, 3.63) is 0 Å². The first-order valence-electron chi connectivity index (χ1n) is 5.86. The minimum Gasteiger partial charge on any atom is -0.330 e. The van der Waals surface area contributed by atoms with Crippen molar-refractivity contribution in [3.8, 4) is 0 Å². The Morgan fingerprint density at radius 3 is 2.59 bits per heavy atom. The molecule has 0 saturated carbocycles. The monoisotopic (exact) mass is 262 g/mol. The molecular weight excluding hydrogens is 244 g/mol. The van der Waals surface area contributed by atoms with Gasteiger partial charge in [-0.15, -0.1) is 0 Å². The number of nitrogens with zero attached hydrogens (tertiary/aromatic N) is 1. The van der Waals surface area contributed by atoms with Gasteiger partial charge in [-0.1, -0.05) is 0 Å². The third-order valence-electron chi connectivity index (χ3n) is 3.36. The van der Waals surface area contributed by atoms with E-state index in [9.17, 15) is 13.2 Å². The Labute approximate surface area is 101 Å². The fourth-order valence-corrected chi connectivity index (χ4v) is 3.83. The lowest BCUT2D eigenvalue weighted by molar-refractivity contribution is -0.201. The van der Waals surface area contributed by atoms with Gasteiger partial charge in [-0.3, -0.25) is 9.63 Å². The molecule has 98 valence electrons. The first kappa shape index (κ1) is 12.8. The van der Waals surface area contributed by atoms with Crippen LogP contribution >= 0.6 is 0 Å². The fraction of sp³-hybridized carbons (Fsp3) is 0.900. The normalized spacial score (nSPS) is 26.6. The molecule has 0 unspecified atom stereocenters. The molecule has 2 heterocycles. The third-order valence-corrected chi connectivity index (χ3v) is 5.01. The summed E-state index contributed by atoms with van der Waals surface area (Å²) in [6, 6.07) is 0. The highest BCUT2D eigenvalue weighted by Crippen LogP contribution is 2.37. The van der Waals surface area contributed by atoms with Crippen LogP contribution in [0.1, 0.15) is 25.7 Å². The van der Waals surface area contributed by atoms with E-state index in [2.05, 4.69) is 0 Å². The van der Waals surface area contributed by atoms with E-state index in [1.54, 1.807) is 0 Å². The van der Waals surface area contributed by atoms with Gasteiger partial charge in [0.25, 0.3) is 0 Å². The molecule has 0 aliphatic carbocycles. The second-order valence-electron chi connectivity index (χ2n) is 4.74. The third kappa shape index (κ3) is 2.78. The molecule has 2 rings (SSSR count). The lowest BCUT2D eigenvalue weighted by Crippen LogP contribution is -2.40. The molecule has 17 heavy (non-hydrogen) atoms. The van der Waals surface area contributed by atoms with Crippen LogP contribution in [0.4, 0.5) is 0 Å². The summed E-state index contributed by atoms with van der Waals surface area (Å²) in [6.45, 7) is 0.998. The molecule has 2 saturated heterocycles. The van der Waals surface area contributed by atoms with Gasteiger partial charge < -0.3 is 5.73 Å². The maximum absolute atomic E-state index is 11.7. The summed E-state index contributed by atoms with van der Waals surface area (Å²) in [5, 5.41) is 1.35. The molecule has 2 fully saturated rings. The molecule has 1 amide bonds. The number of amides is 1. The summed E-state index contributed by atoms with van der Waals surface area (Å²) in [4.78, 5) is 17.4. The lowest BCUT2D eigenvalue weighted by atomic mass is 9.93. The smallest absolute Gasteiger partial charge is 0.249 e. The van der Waals surface area contributed by atoms with Crippen molar-refractivity contribution in [1.82, 2.24) is 5.06 Å². The second-order valence-corrected chi connectivity index (χ2v) is 7.04. The van der Waals surface area contributed by atoms with Crippen LogP contribution in [-0.2, 0) is 19.5 Å². The summed E-state index contributed by atoms with van der Waals surface area (Å²) >= 11 is 0. The predicted octanol–water partition coefficient (Wildman–Crippen LogP) is -0.553. The first-order valence-corrected chi connectivity index (χ1v) is 7.69. The van der Waals surface area contributed by atoms with Gasteiger partial charge in [0, 0.05) is 6.54 Å². The van der Waals surface area contributed by atoms with Gasteiger partial charge in [-0.05, 0) is 25.8 Å². The van der Waals surface area contributed by atoms with Crippen LogP contribution in [0.3, 0.4) is 0 Å². The number of hydrogen-bond donors (Lipinski definition) is 1. The van der Waals surface area contributed by atoms with E-state index in [1.807, 2.05) is 0 Å². The van der Waals surface area contributed by atoms with Crippen LogP contribution in [0, 0.1) is 0 Å². The molecule has 0 aromatic heterocycles. The van der Waals surface area contributed by atoms with Crippen molar-refractivity contribution >= 4 is 15.7 Å². The molecule has 2 aliphatic rings. The van der Waals surface area contributed by atoms with Crippen molar-refractivity contribution in [3.63, 3.8) is 0 Å². The highest BCUT2D eigenvalue weighted by atomic mass is 32.2. The van der Waals surface area contributed by atoms with Gasteiger partial charge >= 0.3 is 0 Å². The van der Waals surface area contributed by atoms with Gasteiger partial charge in [0.2, 0.25) is 5.91 Å². The molecule has 7 heteroatoms. The fourth-order valence-electron chi connectivity index (χ4n) is 2.26. The average Bonchev–Trinajstić information content (AvgIpc) is 2.58. The standard InChI is InChI=1S/C10H18N2O4S/c11-4-1-5-12-9(13)8-10(16-12)2-6-17(14,15)7-3-10/h1-8,11H2.